The topological polar surface area (TPSA) is 77.8 Å². The number of rotatable bonds is 2. The van der Waals surface area contributed by atoms with Crippen molar-refractivity contribution < 1.29 is 28.7 Å². The lowest BCUT2D eigenvalue weighted by atomic mass is 9.70. The van der Waals surface area contributed by atoms with E-state index in [2.05, 4.69) is 4.90 Å². The Morgan fingerprint density at radius 2 is 2.07 bits per heavy atom. The summed E-state index contributed by atoms with van der Waals surface area (Å²) in [5, 5.41) is 19.3. The standard InChI is InChI=1S/C20H23FN2O4/c1-23-11-6-14(19(26)27)18(25)20(23)8-2-3-15(21)17(20)16(7-12-23)22-9-4-13(24)5-10-22/h2-3,6,8,13,24H,4-5,7,9-12H2,1H3/p+1/t20?,23-/m1/s1. The van der Waals surface area contributed by atoms with Gasteiger partial charge in [-0.2, -0.15) is 0 Å². The van der Waals surface area contributed by atoms with Crippen LogP contribution in [0.3, 0.4) is 0 Å². The van der Waals surface area contributed by atoms with Crippen molar-refractivity contribution in [2.75, 3.05) is 33.2 Å². The zero-order chi connectivity index (χ0) is 19.4. The van der Waals surface area contributed by atoms with Crippen LogP contribution in [-0.4, -0.2) is 76.2 Å². The molecule has 6 nitrogen and oxygen atoms in total. The summed E-state index contributed by atoms with van der Waals surface area (Å²) in [7, 11) is 1.90. The third kappa shape index (κ3) is 2.45. The molecule has 1 unspecified atom stereocenters. The van der Waals surface area contributed by atoms with Crippen LogP contribution in [0.1, 0.15) is 19.3 Å². The molecule has 0 aromatic heterocycles. The SMILES string of the molecule is C[N@+]12CC=C(C(=O)O)C(=O)C13C=CC=C(F)C3=C(N1CCC(O)CC1)CC2. The van der Waals surface area contributed by atoms with Crippen molar-refractivity contribution in [1.82, 2.24) is 4.90 Å². The summed E-state index contributed by atoms with van der Waals surface area (Å²) in [4.78, 5) is 27.1. The number of carboxylic acid groups (broad SMARTS) is 1. The first kappa shape index (κ1) is 18.1. The molecule has 0 aromatic rings. The number of hydrogen-bond acceptors (Lipinski definition) is 4. The Bertz CT molecular complexity index is 835. The van der Waals surface area contributed by atoms with Crippen molar-refractivity contribution >= 4 is 11.8 Å². The number of Topliss-reactive ketones (excluding diaryl/α,β-unsaturated/α-hetero) is 1. The number of carbonyl (C=O) groups excluding carboxylic acids is 1. The minimum Gasteiger partial charge on any atom is -0.478 e. The second-order valence-electron chi connectivity index (χ2n) is 7.98. The molecule has 7 heteroatoms. The van der Waals surface area contributed by atoms with Gasteiger partial charge in [-0.15, -0.1) is 0 Å². The average Bonchev–Trinajstić information content (AvgIpc) is 2.63. The number of nitrogens with zero attached hydrogens (tertiary/aromatic N) is 2. The van der Waals surface area contributed by atoms with Crippen LogP contribution in [0.25, 0.3) is 0 Å². The molecule has 4 aliphatic rings. The van der Waals surface area contributed by atoms with Gasteiger partial charge in [-0.05, 0) is 31.1 Å². The summed E-state index contributed by atoms with van der Waals surface area (Å²) in [6.07, 6.45) is 7.50. The fourth-order valence-corrected chi connectivity index (χ4v) is 4.98. The summed E-state index contributed by atoms with van der Waals surface area (Å²) in [6, 6.07) is 0. The van der Waals surface area contributed by atoms with Gasteiger partial charge in [0.25, 0.3) is 0 Å². The number of allylic oxidation sites excluding steroid dienone is 2. The molecule has 3 heterocycles. The summed E-state index contributed by atoms with van der Waals surface area (Å²) in [5.41, 5.74) is -0.523. The molecular weight excluding hydrogens is 351 g/mol. The van der Waals surface area contributed by atoms with Gasteiger partial charge in [0.15, 0.2) is 0 Å². The van der Waals surface area contributed by atoms with Crippen LogP contribution in [-0.2, 0) is 9.59 Å². The molecular formula is C20H24FN2O4+. The predicted molar refractivity (Wildman–Crippen MR) is 96.2 cm³/mol. The van der Waals surface area contributed by atoms with Crippen LogP contribution in [0.4, 0.5) is 4.39 Å². The van der Waals surface area contributed by atoms with Crippen LogP contribution in [0.5, 0.6) is 0 Å². The maximum absolute atomic E-state index is 15.2. The first-order chi connectivity index (χ1) is 12.8. The Morgan fingerprint density at radius 1 is 1.37 bits per heavy atom. The molecule has 2 atom stereocenters. The maximum atomic E-state index is 15.2. The third-order valence-corrected chi connectivity index (χ3v) is 6.55. The van der Waals surface area contributed by atoms with E-state index in [-0.39, 0.29) is 16.2 Å². The maximum Gasteiger partial charge on any atom is 0.339 e. The summed E-state index contributed by atoms with van der Waals surface area (Å²) >= 11 is 0. The van der Waals surface area contributed by atoms with Gasteiger partial charge >= 0.3 is 5.97 Å². The molecule has 0 amide bonds. The van der Waals surface area contributed by atoms with Crippen molar-refractivity contribution in [1.29, 1.82) is 0 Å². The molecule has 4 rings (SSSR count). The Hall–Kier alpha value is -2.25. The van der Waals surface area contributed by atoms with Crippen LogP contribution >= 0.6 is 0 Å². The highest BCUT2D eigenvalue weighted by atomic mass is 19.1. The second-order valence-corrected chi connectivity index (χ2v) is 7.98. The van der Waals surface area contributed by atoms with Crippen molar-refractivity contribution in [3.05, 3.63) is 47.0 Å². The highest BCUT2D eigenvalue weighted by Gasteiger charge is 2.63. The molecule has 0 saturated carbocycles. The number of ketones is 1. The van der Waals surface area contributed by atoms with Crippen LogP contribution in [0.15, 0.2) is 47.0 Å². The van der Waals surface area contributed by atoms with Crippen molar-refractivity contribution in [2.45, 2.75) is 30.9 Å². The molecule has 27 heavy (non-hydrogen) atoms. The van der Waals surface area contributed by atoms with E-state index >= 15 is 4.39 Å². The van der Waals surface area contributed by atoms with Gasteiger partial charge in [0, 0.05) is 25.2 Å². The lowest BCUT2D eigenvalue weighted by Crippen LogP contribution is -2.71. The average molecular weight is 375 g/mol. The number of aliphatic hydroxyl groups is 1. The molecule has 0 aromatic carbocycles. The number of quaternary nitrogens is 1. The zero-order valence-corrected chi connectivity index (χ0v) is 15.3. The van der Waals surface area contributed by atoms with Gasteiger partial charge in [-0.3, -0.25) is 4.79 Å². The molecule has 144 valence electrons. The quantitative estimate of drug-likeness (QED) is 0.562. The number of halogens is 1. The van der Waals surface area contributed by atoms with Crippen molar-refractivity contribution in [2.24, 2.45) is 0 Å². The van der Waals surface area contributed by atoms with Crippen LogP contribution in [0.2, 0.25) is 0 Å². The van der Waals surface area contributed by atoms with E-state index in [9.17, 15) is 19.8 Å². The van der Waals surface area contributed by atoms with Crippen LogP contribution in [0, 0.1) is 0 Å². The van der Waals surface area contributed by atoms with Gasteiger partial charge in [-0.1, -0.05) is 6.08 Å². The molecule has 0 radical (unpaired) electrons. The largest absolute Gasteiger partial charge is 0.478 e. The van der Waals surface area contributed by atoms with Crippen molar-refractivity contribution in [3.63, 3.8) is 0 Å². The normalized spacial score (nSPS) is 34.0. The van der Waals surface area contributed by atoms with Gasteiger partial charge in [0.1, 0.15) is 11.4 Å². The summed E-state index contributed by atoms with van der Waals surface area (Å²) in [6.45, 7) is 2.18. The molecule has 0 bridgehead atoms. The van der Waals surface area contributed by atoms with E-state index in [1.165, 1.54) is 18.2 Å². The number of carboxylic acids is 1. The third-order valence-electron chi connectivity index (χ3n) is 6.55. The lowest BCUT2D eigenvalue weighted by Gasteiger charge is -2.55. The number of aliphatic carboxylic acids is 1. The van der Waals surface area contributed by atoms with Gasteiger partial charge in [0.05, 0.1) is 31.8 Å². The molecule has 3 aliphatic heterocycles. The van der Waals surface area contributed by atoms with E-state index in [1.807, 2.05) is 7.05 Å². The molecule has 1 saturated heterocycles. The Kier molecular flexibility index (Phi) is 4.12. The number of likely N-dealkylation sites (N-methyl/N-ethyl adjacent to an activating group) is 1. The minimum atomic E-state index is -1.34. The van der Waals surface area contributed by atoms with Gasteiger partial charge < -0.3 is 19.6 Å². The van der Waals surface area contributed by atoms with Gasteiger partial charge in [-0.25, -0.2) is 9.18 Å². The Morgan fingerprint density at radius 3 is 2.74 bits per heavy atom. The number of aliphatic hydroxyl groups excluding tert-OH is 1. The van der Waals surface area contributed by atoms with Gasteiger partial charge in [0.2, 0.25) is 11.3 Å². The van der Waals surface area contributed by atoms with Crippen LogP contribution < -0.4 is 0 Å². The first-order valence-corrected chi connectivity index (χ1v) is 9.35. The first-order valence-electron chi connectivity index (χ1n) is 9.35. The zero-order valence-electron chi connectivity index (χ0n) is 15.3. The fraction of sp³-hybridized carbons (Fsp3) is 0.500. The predicted octanol–water partition coefficient (Wildman–Crippen LogP) is 1.30. The van der Waals surface area contributed by atoms with E-state index in [0.717, 1.165) is 5.70 Å². The van der Waals surface area contributed by atoms with Crippen molar-refractivity contribution in [3.8, 4) is 0 Å². The summed E-state index contributed by atoms with van der Waals surface area (Å²) in [5.74, 6) is -2.29. The van der Waals surface area contributed by atoms with E-state index < -0.39 is 23.1 Å². The smallest absolute Gasteiger partial charge is 0.339 e. The minimum absolute atomic E-state index is 0.246. The molecule has 1 aliphatic carbocycles. The fourth-order valence-electron chi connectivity index (χ4n) is 4.98. The number of carbonyl (C=O) groups is 2. The highest BCUT2D eigenvalue weighted by Crippen LogP contribution is 2.49. The second kappa shape index (κ2) is 6.14. The molecule has 1 spiro atoms. The molecule has 1 fully saturated rings. The Labute approximate surface area is 157 Å². The lowest BCUT2D eigenvalue weighted by molar-refractivity contribution is -0.934. The number of hydrogen-bond donors (Lipinski definition) is 2. The Balaban J connectivity index is 1.90. The highest BCUT2D eigenvalue weighted by molar-refractivity contribution is 6.22. The summed E-state index contributed by atoms with van der Waals surface area (Å²) < 4.78 is 15.4. The molecule has 2 N–H and O–H groups in total. The van der Waals surface area contributed by atoms with E-state index in [1.54, 1.807) is 6.08 Å². The monoisotopic (exact) mass is 375 g/mol. The van der Waals surface area contributed by atoms with E-state index in [4.69, 9.17) is 0 Å². The number of likely N-dealkylation sites (tertiary alicyclic amines) is 1. The number of piperidine rings is 1. The van der Waals surface area contributed by atoms with E-state index in [0.29, 0.717) is 51.0 Å².